The van der Waals surface area contributed by atoms with Crippen LogP contribution >= 0.6 is 34.8 Å². The Morgan fingerprint density at radius 1 is 0.949 bits per heavy atom. The van der Waals surface area contributed by atoms with Crippen molar-refractivity contribution in [2.24, 2.45) is 0 Å². The number of benzene rings is 2. The number of carbonyl (C=O) groups is 1. The number of nitrogens with one attached hydrogen (secondary N) is 1. The second kappa shape index (κ2) is 12.7. The average Bonchev–Trinajstić information content (AvgIpc) is 3.57. The van der Waals surface area contributed by atoms with Gasteiger partial charge in [0.05, 0.1) is 22.9 Å². The third kappa shape index (κ3) is 6.49. The first kappa shape index (κ1) is 28.5. The molecule has 2 fully saturated rings. The maximum absolute atomic E-state index is 13.7. The van der Waals surface area contributed by atoms with Gasteiger partial charge in [-0.05, 0) is 56.0 Å². The molecule has 0 bridgehead atoms. The highest BCUT2D eigenvalue weighted by molar-refractivity contribution is 7.76. The molecule has 1 aromatic heterocycles. The van der Waals surface area contributed by atoms with Crippen LogP contribution in [0.1, 0.15) is 48.2 Å². The number of rotatable bonds is 8. The van der Waals surface area contributed by atoms with E-state index >= 15 is 0 Å². The summed E-state index contributed by atoms with van der Waals surface area (Å²) in [5.41, 5.74) is 5.28. The number of hydrogen-bond donors (Lipinski definition) is 1. The Labute approximate surface area is 245 Å². The summed E-state index contributed by atoms with van der Waals surface area (Å²) in [6.07, 6.45) is 4.85. The predicted octanol–water partition coefficient (Wildman–Crippen LogP) is 5.24. The van der Waals surface area contributed by atoms with Crippen LogP contribution in [0.25, 0.3) is 16.9 Å². The van der Waals surface area contributed by atoms with Gasteiger partial charge in [0.1, 0.15) is 0 Å². The van der Waals surface area contributed by atoms with E-state index in [-0.39, 0.29) is 12.2 Å². The Balaban J connectivity index is 1.68. The SMILES string of the molecule is O=C(NN1CCCCC1)c1nn(-c2ccc(Cl)cc2Cl)c(-c2ccc(Cl)cc2)c1CN(N1CCCC1)S(=O)[O-]. The predicted molar refractivity (Wildman–Crippen MR) is 152 cm³/mol. The highest BCUT2D eigenvalue weighted by atomic mass is 35.5. The van der Waals surface area contributed by atoms with Crippen molar-refractivity contribution < 1.29 is 13.6 Å². The van der Waals surface area contributed by atoms with Gasteiger partial charge in [-0.3, -0.25) is 14.4 Å². The molecule has 39 heavy (non-hydrogen) atoms. The molecule has 1 atom stereocenters. The maximum atomic E-state index is 13.7. The molecule has 2 saturated heterocycles. The molecule has 2 aromatic carbocycles. The summed E-state index contributed by atoms with van der Waals surface area (Å²) >= 11 is 16.4. The summed E-state index contributed by atoms with van der Waals surface area (Å²) in [5, 5.41) is 9.74. The molecule has 13 heteroatoms. The summed E-state index contributed by atoms with van der Waals surface area (Å²) in [7, 11) is 0. The van der Waals surface area contributed by atoms with E-state index < -0.39 is 17.2 Å². The first-order valence-electron chi connectivity index (χ1n) is 12.8. The lowest BCUT2D eigenvalue weighted by molar-refractivity contribution is 0.0717. The normalized spacial score (nSPS) is 17.6. The van der Waals surface area contributed by atoms with Crippen molar-refractivity contribution in [1.82, 2.24) is 29.6 Å². The van der Waals surface area contributed by atoms with Crippen LogP contribution in [-0.4, -0.2) is 65.1 Å². The minimum atomic E-state index is -2.57. The fourth-order valence-corrected chi connectivity index (χ4v) is 6.22. The van der Waals surface area contributed by atoms with Crippen molar-refractivity contribution in [1.29, 1.82) is 0 Å². The molecule has 0 aliphatic carbocycles. The van der Waals surface area contributed by atoms with E-state index in [1.165, 1.54) is 4.41 Å². The van der Waals surface area contributed by atoms with Crippen LogP contribution in [0.5, 0.6) is 0 Å². The lowest BCUT2D eigenvalue weighted by atomic mass is 10.0. The van der Waals surface area contributed by atoms with E-state index in [9.17, 15) is 13.6 Å². The standard InChI is InChI=1S/C26H29Cl3N6O3S/c27-19-8-6-18(7-9-19)25-21(17-34(39(37)38)33-14-4-5-15-33)24(26(36)31-32-12-2-1-3-13-32)30-35(25)23-11-10-20(28)16-22(23)29/h6-11,16H,1-5,12-15,17H2,(H,31,36)(H,37,38)/p-1. The Morgan fingerprint density at radius 3 is 2.23 bits per heavy atom. The lowest BCUT2D eigenvalue weighted by Crippen LogP contribution is -2.46. The first-order chi connectivity index (χ1) is 18.8. The minimum Gasteiger partial charge on any atom is -0.759 e. The van der Waals surface area contributed by atoms with Crippen LogP contribution in [0, 0.1) is 0 Å². The van der Waals surface area contributed by atoms with Crippen molar-refractivity contribution >= 4 is 52.0 Å². The average molecular weight is 611 g/mol. The molecule has 3 heterocycles. The van der Waals surface area contributed by atoms with Crippen molar-refractivity contribution in [3.8, 4) is 16.9 Å². The zero-order valence-electron chi connectivity index (χ0n) is 21.1. The summed E-state index contributed by atoms with van der Waals surface area (Å²) in [6, 6.07) is 12.1. The van der Waals surface area contributed by atoms with Crippen molar-refractivity contribution in [2.75, 3.05) is 26.2 Å². The highest BCUT2D eigenvalue weighted by Crippen LogP contribution is 2.35. The van der Waals surface area contributed by atoms with E-state index in [1.807, 2.05) is 17.1 Å². The monoisotopic (exact) mass is 609 g/mol. The Bertz CT molecular complexity index is 1360. The van der Waals surface area contributed by atoms with E-state index in [1.54, 1.807) is 40.0 Å². The van der Waals surface area contributed by atoms with Crippen molar-refractivity contribution in [3.63, 3.8) is 0 Å². The third-order valence-electron chi connectivity index (χ3n) is 6.93. The Hall–Kier alpha value is -2.02. The number of hydrogen-bond acceptors (Lipinski definition) is 6. The van der Waals surface area contributed by atoms with E-state index in [0.717, 1.165) is 45.2 Å². The first-order valence-corrected chi connectivity index (χ1v) is 15.0. The Morgan fingerprint density at radius 2 is 1.59 bits per heavy atom. The molecule has 2 aliphatic rings. The van der Waals surface area contributed by atoms with Crippen LogP contribution in [0.15, 0.2) is 42.5 Å². The number of halogens is 3. The van der Waals surface area contributed by atoms with Gasteiger partial charge in [-0.2, -0.15) is 9.51 Å². The van der Waals surface area contributed by atoms with Gasteiger partial charge in [0.2, 0.25) is 0 Å². The molecule has 0 saturated carbocycles. The van der Waals surface area contributed by atoms with E-state index in [4.69, 9.17) is 39.9 Å². The molecule has 9 nitrogen and oxygen atoms in total. The van der Waals surface area contributed by atoms with Gasteiger partial charge in [-0.25, -0.2) is 14.7 Å². The second-order valence-corrected chi connectivity index (χ2v) is 11.7. The van der Waals surface area contributed by atoms with Crippen molar-refractivity contribution in [2.45, 2.75) is 38.6 Å². The molecule has 208 valence electrons. The molecule has 2 aliphatic heterocycles. The number of aromatic nitrogens is 2. The van der Waals surface area contributed by atoms with E-state index in [0.29, 0.717) is 50.7 Å². The van der Waals surface area contributed by atoms with Crippen LogP contribution in [0.4, 0.5) is 0 Å². The zero-order chi connectivity index (χ0) is 27.5. The zero-order valence-corrected chi connectivity index (χ0v) is 24.2. The maximum Gasteiger partial charge on any atom is 0.286 e. The van der Waals surface area contributed by atoms with Crippen LogP contribution < -0.4 is 5.43 Å². The van der Waals surface area contributed by atoms with Gasteiger partial charge in [-0.15, -0.1) is 0 Å². The summed E-state index contributed by atoms with van der Waals surface area (Å²) in [4.78, 5) is 13.7. The quantitative estimate of drug-likeness (QED) is 0.351. The number of amides is 1. The fraction of sp³-hybridized carbons (Fsp3) is 0.385. The summed E-state index contributed by atoms with van der Waals surface area (Å²) in [6.45, 7) is 2.61. The molecular formula is C26H28Cl3N6O3S-. The van der Waals surface area contributed by atoms with Gasteiger partial charge < -0.3 is 4.55 Å². The molecule has 5 rings (SSSR count). The van der Waals surface area contributed by atoms with Crippen LogP contribution in [0.2, 0.25) is 15.1 Å². The van der Waals surface area contributed by atoms with Crippen LogP contribution in [-0.2, 0) is 17.8 Å². The minimum absolute atomic E-state index is 0.0813. The molecular weight excluding hydrogens is 583 g/mol. The largest absolute Gasteiger partial charge is 0.759 e. The molecule has 1 amide bonds. The van der Waals surface area contributed by atoms with Gasteiger partial charge >= 0.3 is 0 Å². The fourth-order valence-electron chi connectivity index (χ4n) is 5.02. The molecule has 3 aromatic rings. The Kier molecular flexibility index (Phi) is 9.25. The van der Waals surface area contributed by atoms with Gasteiger partial charge in [0, 0.05) is 58.6 Å². The molecule has 0 spiro atoms. The van der Waals surface area contributed by atoms with Crippen LogP contribution in [0.3, 0.4) is 0 Å². The van der Waals surface area contributed by atoms with Crippen molar-refractivity contribution in [3.05, 3.63) is 68.8 Å². The number of nitrogens with zero attached hydrogens (tertiary/aromatic N) is 5. The number of carbonyl (C=O) groups excluding carboxylic acids is 1. The van der Waals surface area contributed by atoms with Gasteiger partial charge in [0.15, 0.2) is 5.69 Å². The number of piperidine rings is 1. The highest BCUT2D eigenvalue weighted by Gasteiger charge is 2.31. The molecule has 0 radical (unpaired) electrons. The smallest absolute Gasteiger partial charge is 0.286 e. The lowest BCUT2D eigenvalue weighted by Gasteiger charge is -2.33. The summed E-state index contributed by atoms with van der Waals surface area (Å²) < 4.78 is 27.7. The number of hydrazine groups is 2. The summed E-state index contributed by atoms with van der Waals surface area (Å²) in [5.74, 6) is -0.413. The topological polar surface area (TPSA) is 96.8 Å². The second-order valence-electron chi connectivity index (χ2n) is 9.57. The van der Waals surface area contributed by atoms with Gasteiger partial charge in [0.25, 0.3) is 5.91 Å². The molecule has 1 N–H and O–H groups in total. The third-order valence-corrected chi connectivity index (χ3v) is 8.43. The van der Waals surface area contributed by atoms with E-state index in [2.05, 4.69) is 5.43 Å². The molecule has 1 unspecified atom stereocenters. The van der Waals surface area contributed by atoms with Gasteiger partial charge in [-0.1, -0.05) is 53.4 Å².